The van der Waals surface area contributed by atoms with E-state index >= 15 is 0 Å². The molecule has 0 bridgehead atoms. The van der Waals surface area contributed by atoms with Gasteiger partial charge in [-0.05, 0) is 49.2 Å². The van der Waals surface area contributed by atoms with Crippen LogP contribution in [0.15, 0.2) is 34.8 Å². The second-order valence-electron chi connectivity index (χ2n) is 4.40. The molecule has 2 rings (SSSR count). The second kappa shape index (κ2) is 6.17. The number of hydrogen-bond acceptors (Lipinski definition) is 1. The van der Waals surface area contributed by atoms with Gasteiger partial charge in [-0.15, -0.1) is 0 Å². The molecular weight excluding hydrogens is 347 g/mol. The summed E-state index contributed by atoms with van der Waals surface area (Å²) in [4.78, 5) is 0. The zero-order chi connectivity index (χ0) is 14.0. The molecule has 0 saturated heterocycles. The van der Waals surface area contributed by atoms with Crippen molar-refractivity contribution in [3.63, 3.8) is 0 Å². The molecule has 0 aliphatic heterocycles. The number of benzene rings is 2. The van der Waals surface area contributed by atoms with Crippen molar-refractivity contribution in [2.45, 2.75) is 20.5 Å². The van der Waals surface area contributed by atoms with E-state index in [9.17, 15) is 0 Å². The van der Waals surface area contributed by atoms with Gasteiger partial charge in [-0.3, -0.25) is 0 Å². The molecule has 0 radical (unpaired) electrons. The van der Waals surface area contributed by atoms with Gasteiger partial charge >= 0.3 is 0 Å². The monoisotopic (exact) mass is 358 g/mol. The third kappa shape index (κ3) is 3.65. The van der Waals surface area contributed by atoms with Crippen LogP contribution in [0.2, 0.25) is 10.0 Å². The van der Waals surface area contributed by atoms with Crippen molar-refractivity contribution in [3.8, 4) is 5.75 Å². The highest BCUT2D eigenvalue weighted by Gasteiger charge is 2.05. The summed E-state index contributed by atoms with van der Waals surface area (Å²) in [5.41, 5.74) is 3.22. The molecule has 100 valence electrons. The maximum atomic E-state index is 6.11. The standard InChI is InChI=1S/C15H13BrCl2O/c1-9-5-13(6-10(2)15(9)16)19-8-11-3-4-12(17)7-14(11)18/h3-7H,8H2,1-2H3. The third-order valence-electron chi connectivity index (χ3n) is 2.82. The Kier molecular flexibility index (Phi) is 4.77. The van der Waals surface area contributed by atoms with E-state index < -0.39 is 0 Å². The van der Waals surface area contributed by atoms with Gasteiger partial charge in [-0.25, -0.2) is 0 Å². The van der Waals surface area contributed by atoms with Crippen LogP contribution in [0.4, 0.5) is 0 Å². The van der Waals surface area contributed by atoms with E-state index in [1.54, 1.807) is 6.07 Å². The van der Waals surface area contributed by atoms with Crippen molar-refractivity contribution in [2.75, 3.05) is 0 Å². The molecule has 0 spiro atoms. The van der Waals surface area contributed by atoms with Gasteiger partial charge in [-0.2, -0.15) is 0 Å². The summed E-state index contributed by atoms with van der Waals surface area (Å²) in [6.45, 7) is 4.51. The third-order valence-corrected chi connectivity index (χ3v) is 4.66. The Labute approximate surface area is 131 Å². The van der Waals surface area contributed by atoms with Crippen molar-refractivity contribution in [1.82, 2.24) is 0 Å². The first-order valence-electron chi connectivity index (χ1n) is 5.81. The first kappa shape index (κ1) is 14.7. The number of aryl methyl sites for hydroxylation is 2. The number of hydrogen-bond donors (Lipinski definition) is 0. The van der Waals surface area contributed by atoms with Gasteiger partial charge in [0.2, 0.25) is 0 Å². The van der Waals surface area contributed by atoms with Crippen LogP contribution >= 0.6 is 39.1 Å². The lowest BCUT2D eigenvalue weighted by Crippen LogP contribution is -1.97. The molecule has 0 heterocycles. The molecule has 2 aromatic rings. The van der Waals surface area contributed by atoms with Crippen molar-refractivity contribution in [3.05, 3.63) is 61.5 Å². The lowest BCUT2D eigenvalue weighted by Gasteiger charge is -2.11. The van der Waals surface area contributed by atoms with Crippen molar-refractivity contribution in [2.24, 2.45) is 0 Å². The van der Waals surface area contributed by atoms with Gasteiger partial charge in [-0.1, -0.05) is 45.2 Å². The summed E-state index contributed by atoms with van der Waals surface area (Å²) in [5, 5.41) is 1.25. The van der Waals surface area contributed by atoms with Crippen molar-refractivity contribution in [1.29, 1.82) is 0 Å². The minimum atomic E-state index is 0.427. The maximum absolute atomic E-state index is 6.11. The average molecular weight is 360 g/mol. The predicted octanol–water partition coefficient (Wildman–Crippen LogP) is 5.95. The Morgan fingerprint density at radius 1 is 1.05 bits per heavy atom. The first-order chi connectivity index (χ1) is 8.97. The van der Waals surface area contributed by atoms with E-state index in [4.69, 9.17) is 27.9 Å². The number of rotatable bonds is 3. The Morgan fingerprint density at radius 3 is 2.26 bits per heavy atom. The zero-order valence-electron chi connectivity index (χ0n) is 10.6. The largest absolute Gasteiger partial charge is 0.489 e. The first-order valence-corrected chi connectivity index (χ1v) is 7.35. The van der Waals surface area contributed by atoms with Crippen molar-refractivity contribution < 1.29 is 4.74 Å². The smallest absolute Gasteiger partial charge is 0.120 e. The lowest BCUT2D eigenvalue weighted by molar-refractivity contribution is 0.306. The molecule has 4 heteroatoms. The lowest BCUT2D eigenvalue weighted by atomic mass is 10.1. The molecule has 0 aliphatic rings. The van der Waals surface area contributed by atoms with Crippen LogP contribution in [-0.4, -0.2) is 0 Å². The highest BCUT2D eigenvalue weighted by molar-refractivity contribution is 9.10. The summed E-state index contributed by atoms with van der Waals surface area (Å²) < 4.78 is 6.90. The fourth-order valence-electron chi connectivity index (χ4n) is 1.79. The molecule has 0 amide bonds. The van der Waals surface area contributed by atoms with Crippen LogP contribution in [0, 0.1) is 13.8 Å². The quantitative estimate of drug-likeness (QED) is 0.657. The van der Waals surface area contributed by atoms with Crippen LogP contribution in [0.5, 0.6) is 5.75 Å². The Hall–Kier alpha value is -0.700. The summed E-state index contributed by atoms with van der Waals surface area (Å²) in [7, 11) is 0. The summed E-state index contributed by atoms with van der Waals surface area (Å²) in [5.74, 6) is 0.837. The topological polar surface area (TPSA) is 9.23 Å². The SMILES string of the molecule is Cc1cc(OCc2ccc(Cl)cc2Cl)cc(C)c1Br. The fourth-order valence-corrected chi connectivity index (χ4v) is 2.48. The number of ether oxygens (including phenoxy) is 1. The van der Waals surface area contributed by atoms with Gasteiger partial charge in [0.1, 0.15) is 12.4 Å². The minimum Gasteiger partial charge on any atom is -0.489 e. The number of halogens is 3. The molecule has 0 aromatic heterocycles. The molecule has 1 nitrogen and oxygen atoms in total. The van der Waals surface area contributed by atoms with Crippen LogP contribution in [0.3, 0.4) is 0 Å². The Bertz CT molecular complexity index is 588. The van der Waals surface area contributed by atoms with E-state index in [1.807, 2.05) is 38.1 Å². The molecule has 2 aromatic carbocycles. The van der Waals surface area contributed by atoms with Gasteiger partial charge in [0, 0.05) is 20.1 Å². The average Bonchev–Trinajstić information content (AvgIpc) is 2.34. The van der Waals surface area contributed by atoms with Crippen LogP contribution in [0.25, 0.3) is 0 Å². The predicted molar refractivity (Wildman–Crippen MR) is 84.4 cm³/mol. The molecule has 19 heavy (non-hydrogen) atoms. The maximum Gasteiger partial charge on any atom is 0.120 e. The molecule has 0 unspecified atom stereocenters. The highest BCUT2D eigenvalue weighted by Crippen LogP contribution is 2.28. The van der Waals surface area contributed by atoms with E-state index in [2.05, 4.69) is 15.9 Å². The highest BCUT2D eigenvalue weighted by atomic mass is 79.9. The normalized spacial score (nSPS) is 10.6. The van der Waals surface area contributed by atoms with Gasteiger partial charge in [0.15, 0.2) is 0 Å². The van der Waals surface area contributed by atoms with E-state index in [1.165, 1.54) is 0 Å². The van der Waals surface area contributed by atoms with Gasteiger partial charge in [0.05, 0.1) is 0 Å². The molecule has 0 fully saturated rings. The minimum absolute atomic E-state index is 0.427. The van der Waals surface area contributed by atoms with E-state index in [0.717, 1.165) is 26.9 Å². The molecule has 0 aliphatic carbocycles. The fraction of sp³-hybridized carbons (Fsp3) is 0.200. The van der Waals surface area contributed by atoms with Crippen molar-refractivity contribution >= 4 is 39.1 Å². The second-order valence-corrected chi connectivity index (χ2v) is 6.03. The Balaban J connectivity index is 2.14. The summed E-state index contributed by atoms with van der Waals surface area (Å²) >= 11 is 15.5. The van der Waals surface area contributed by atoms with Crippen LogP contribution in [-0.2, 0) is 6.61 Å². The van der Waals surface area contributed by atoms with Crippen LogP contribution in [0.1, 0.15) is 16.7 Å². The molecular formula is C15H13BrCl2O. The van der Waals surface area contributed by atoms with E-state index in [-0.39, 0.29) is 0 Å². The molecule has 0 saturated carbocycles. The summed E-state index contributed by atoms with van der Waals surface area (Å²) in [6.07, 6.45) is 0. The van der Waals surface area contributed by atoms with Crippen LogP contribution < -0.4 is 4.74 Å². The molecule has 0 N–H and O–H groups in total. The summed E-state index contributed by atoms with van der Waals surface area (Å²) in [6, 6.07) is 9.41. The zero-order valence-corrected chi connectivity index (χ0v) is 13.7. The van der Waals surface area contributed by atoms with Gasteiger partial charge in [0.25, 0.3) is 0 Å². The molecule has 0 atom stereocenters. The van der Waals surface area contributed by atoms with Gasteiger partial charge < -0.3 is 4.74 Å². The van der Waals surface area contributed by atoms with E-state index in [0.29, 0.717) is 16.7 Å². The Morgan fingerprint density at radius 2 is 1.68 bits per heavy atom.